The summed E-state index contributed by atoms with van der Waals surface area (Å²) in [5, 5.41) is 11.7. The van der Waals surface area contributed by atoms with Gasteiger partial charge in [-0.15, -0.1) is 0 Å². The molecule has 6 nitrogen and oxygen atoms in total. The Kier molecular flexibility index (Phi) is 5.17. The number of nitrogens with one attached hydrogen (secondary N) is 1. The first kappa shape index (κ1) is 18.1. The van der Waals surface area contributed by atoms with Crippen molar-refractivity contribution in [2.24, 2.45) is 0 Å². The summed E-state index contributed by atoms with van der Waals surface area (Å²) in [5.74, 6) is -2.05. The third-order valence-corrected chi connectivity index (χ3v) is 4.01. The normalized spacial score (nSPS) is 15.0. The number of carboxylic acid groups (broad SMARTS) is 1. The molecular weight excluding hydrogens is 346 g/mol. The minimum absolute atomic E-state index is 0.138. The van der Waals surface area contributed by atoms with Crippen LogP contribution in [0.25, 0.3) is 11.8 Å². The summed E-state index contributed by atoms with van der Waals surface area (Å²) in [6.45, 7) is 1.87. The van der Waals surface area contributed by atoms with Gasteiger partial charge < -0.3 is 15.2 Å². The van der Waals surface area contributed by atoms with E-state index in [0.717, 1.165) is 0 Å². The van der Waals surface area contributed by atoms with Gasteiger partial charge in [0.15, 0.2) is 0 Å². The fraction of sp³-hybridized carbons (Fsp3) is 0.0952. The zero-order chi connectivity index (χ0) is 19.4. The summed E-state index contributed by atoms with van der Waals surface area (Å²) in [6, 6.07) is 15.1. The Hall–Kier alpha value is -3.67. The molecule has 0 bridgehead atoms. The van der Waals surface area contributed by atoms with Crippen molar-refractivity contribution in [1.82, 2.24) is 5.32 Å². The summed E-state index contributed by atoms with van der Waals surface area (Å²) in [6.07, 6.45) is 1.54. The molecule has 0 fully saturated rings. The molecule has 1 amide bonds. The fourth-order valence-electron chi connectivity index (χ4n) is 2.75. The largest absolute Gasteiger partial charge is 0.478 e. The van der Waals surface area contributed by atoms with E-state index in [9.17, 15) is 14.4 Å². The quantitative estimate of drug-likeness (QED) is 0.629. The van der Waals surface area contributed by atoms with Gasteiger partial charge in [-0.05, 0) is 36.3 Å². The first-order valence-corrected chi connectivity index (χ1v) is 8.35. The number of esters is 1. The van der Waals surface area contributed by atoms with Gasteiger partial charge in [0, 0.05) is 0 Å². The van der Waals surface area contributed by atoms with Crippen LogP contribution in [0.2, 0.25) is 0 Å². The second kappa shape index (κ2) is 7.70. The second-order valence-corrected chi connectivity index (χ2v) is 5.78. The maximum Gasteiger partial charge on any atom is 0.341 e. The number of hydrogen-bond acceptors (Lipinski definition) is 4. The van der Waals surface area contributed by atoms with Crippen LogP contribution in [0.1, 0.15) is 28.4 Å². The molecule has 1 aliphatic heterocycles. The highest BCUT2D eigenvalue weighted by atomic mass is 16.5. The van der Waals surface area contributed by atoms with Crippen LogP contribution in [-0.2, 0) is 14.3 Å². The number of carbonyl (C=O) groups excluding carboxylic acids is 2. The van der Waals surface area contributed by atoms with E-state index in [1.165, 1.54) is 12.1 Å². The lowest BCUT2D eigenvalue weighted by Gasteiger charge is -2.07. The van der Waals surface area contributed by atoms with Gasteiger partial charge in [0.25, 0.3) is 5.91 Å². The Morgan fingerprint density at radius 3 is 2.33 bits per heavy atom. The first-order chi connectivity index (χ1) is 13.0. The van der Waals surface area contributed by atoms with Crippen molar-refractivity contribution in [1.29, 1.82) is 0 Å². The maximum absolute atomic E-state index is 12.5. The van der Waals surface area contributed by atoms with E-state index in [2.05, 4.69) is 5.32 Å². The number of carboxylic acids is 1. The number of aromatic carboxylic acids is 1. The van der Waals surface area contributed by atoms with Crippen molar-refractivity contribution >= 4 is 29.6 Å². The molecule has 0 unspecified atom stereocenters. The molecule has 0 saturated carbocycles. The maximum atomic E-state index is 12.5. The molecule has 6 heteroatoms. The van der Waals surface area contributed by atoms with E-state index in [4.69, 9.17) is 9.84 Å². The molecule has 0 aromatic heterocycles. The van der Waals surface area contributed by atoms with E-state index >= 15 is 0 Å². The monoisotopic (exact) mass is 363 g/mol. The highest BCUT2D eigenvalue weighted by Crippen LogP contribution is 2.30. The number of rotatable bonds is 5. The van der Waals surface area contributed by atoms with Gasteiger partial charge in [0.05, 0.1) is 29.0 Å². The number of amides is 1. The van der Waals surface area contributed by atoms with Crippen LogP contribution in [0.15, 0.2) is 65.7 Å². The highest BCUT2D eigenvalue weighted by molar-refractivity contribution is 6.23. The Morgan fingerprint density at radius 1 is 1.07 bits per heavy atom. The van der Waals surface area contributed by atoms with Gasteiger partial charge in [-0.3, -0.25) is 4.79 Å². The lowest BCUT2D eigenvalue weighted by molar-refractivity contribution is -0.138. The van der Waals surface area contributed by atoms with E-state index in [-0.39, 0.29) is 23.3 Å². The minimum Gasteiger partial charge on any atom is -0.478 e. The SMILES string of the molecule is CCOC(=O)C1=C(c2ccccc2)NC(=O)/C1=C\c1ccc(C(=O)O)cc1. The molecule has 0 saturated heterocycles. The van der Waals surface area contributed by atoms with Gasteiger partial charge >= 0.3 is 11.9 Å². The van der Waals surface area contributed by atoms with Crippen molar-refractivity contribution in [3.8, 4) is 0 Å². The Labute approximate surface area is 155 Å². The molecule has 2 aromatic carbocycles. The van der Waals surface area contributed by atoms with Gasteiger partial charge in [0.2, 0.25) is 0 Å². The topological polar surface area (TPSA) is 92.7 Å². The smallest absolute Gasteiger partial charge is 0.341 e. The standard InChI is InChI=1S/C21H17NO5/c1-2-27-21(26)17-16(12-13-8-10-15(11-9-13)20(24)25)19(23)22-18(17)14-6-4-3-5-7-14/h3-12H,2H2,1H3,(H,22,23)(H,24,25)/b16-12-. The van der Waals surface area contributed by atoms with Crippen molar-refractivity contribution in [3.05, 3.63) is 82.4 Å². The fourth-order valence-corrected chi connectivity index (χ4v) is 2.75. The van der Waals surface area contributed by atoms with Gasteiger partial charge in [-0.25, -0.2) is 9.59 Å². The number of benzene rings is 2. The predicted octanol–water partition coefficient (Wildman–Crippen LogP) is 2.87. The summed E-state index contributed by atoms with van der Waals surface area (Å²) in [5.41, 5.74) is 2.16. The first-order valence-electron chi connectivity index (χ1n) is 8.35. The molecule has 1 heterocycles. The summed E-state index contributed by atoms with van der Waals surface area (Å²) in [4.78, 5) is 36.0. The van der Waals surface area contributed by atoms with E-state index < -0.39 is 17.8 Å². The van der Waals surface area contributed by atoms with Crippen LogP contribution in [0.3, 0.4) is 0 Å². The van der Waals surface area contributed by atoms with E-state index in [1.54, 1.807) is 37.3 Å². The molecule has 0 spiro atoms. The Bertz CT molecular complexity index is 956. The summed E-state index contributed by atoms with van der Waals surface area (Å²) >= 11 is 0. The molecule has 3 rings (SSSR count). The average molecular weight is 363 g/mol. The van der Waals surface area contributed by atoms with Crippen molar-refractivity contribution < 1.29 is 24.2 Å². The summed E-state index contributed by atoms with van der Waals surface area (Å²) < 4.78 is 5.14. The van der Waals surface area contributed by atoms with Crippen LogP contribution >= 0.6 is 0 Å². The molecule has 2 N–H and O–H groups in total. The average Bonchev–Trinajstić information content (AvgIpc) is 2.99. The van der Waals surface area contributed by atoms with Crippen LogP contribution in [0.5, 0.6) is 0 Å². The van der Waals surface area contributed by atoms with Crippen molar-refractivity contribution in [2.45, 2.75) is 6.92 Å². The third-order valence-electron chi connectivity index (χ3n) is 4.01. The van der Waals surface area contributed by atoms with Crippen LogP contribution in [-0.4, -0.2) is 29.6 Å². The lowest BCUT2D eigenvalue weighted by atomic mass is 10.0. The zero-order valence-electron chi connectivity index (χ0n) is 14.6. The second-order valence-electron chi connectivity index (χ2n) is 5.78. The molecule has 27 heavy (non-hydrogen) atoms. The van der Waals surface area contributed by atoms with Crippen molar-refractivity contribution in [3.63, 3.8) is 0 Å². The van der Waals surface area contributed by atoms with Crippen LogP contribution in [0.4, 0.5) is 0 Å². The van der Waals surface area contributed by atoms with Crippen LogP contribution in [0, 0.1) is 0 Å². The number of ether oxygens (including phenoxy) is 1. The molecular formula is C21H17NO5. The van der Waals surface area contributed by atoms with Crippen LogP contribution < -0.4 is 5.32 Å². The number of hydrogen-bond donors (Lipinski definition) is 2. The van der Waals surface area contributed by atoms with E-state index in [1.807, 2.05) is 18.2 Å². The zero-order valence-corrected chi connectivity index (χ0v) is 14.6. The Morgan fingerprint density at radius 2 is 1.74 bits per heavy atom. The van der Waals surface area contributed by atoms with Gasteiger partial charge in [-0.1, -0.05) is 42.5 Å². The third kappa shape index (κ3) is 3.79. The predicted molar refractivity (Wildman–Crippen MR) is 99.5 cm³/mol. The van der Waals surface area contributed by atoms with Crippen molar-refractivity contribution in [2.75, 3.05) is 6.61 Å². The molecule has 0 radical (unpaired) electrons. The van der Waals surface area contributed by atoms with E-state index in [0.29, 0.717) is 16.8 Å². The molecule has 0 aliphatic carbocycles. The van der Waals surface area contributed by atoms with Gasteiger partial charge in [0.1, 0.15) is 0 Å². The van der Waals surface area contributed by atoms with Gasteiger partial charge in [-0.2, -0.15) is 0 Å². The highest BCUT2D eigenvalue weighted by Gasteiger charge is 2.33. The molecule has 0 atom stereocenters. The molecule has 1 aliphatic rings. The minimum atomic E-state index is -1.04. The molecule has 136 valence electrons. The summed E-state index contributed by atoms with van der Waals surface area (Å²) in [7, 11) is 0. The lowest BCUT2D eigenvalue weighted by Crippen LogP contribution is -2.15. The number of carbonyl (C=O) groups is 3. The Balaban J connectivity index is 2.09. The molecule has 2 aromatic rings.